The smallest absolute Gasteiger partial charge is 0.0480 e. The van der Waals surface area contributed by atoms with Gasteiger partial charge in [0, 0.05) is 43.9 Å². The second-order valence-electron chi connectivity index (χ2n) is 7.47. The maximum atomic E-state index is 5.97. The van der Waals surface area contributed by atoms with E-state index in [0.29, 0.717) is 0 Å². The van der Waals surface area contributed by atoms with Gasteiger partial charge in [0.2, 0.25) is 0 Å². The molecule has 0 bridgehead atoms. The molecule has 1 atom stereocenters. The van der Waals surface area contributed by atoms with E-state index in [2.05, 4.69) is 29.0 Å². The summed E-state index contributed by atoms with van der Waals surface area (Å²) < 4.78 is 5.50. The van der Waals surface area contributed by atoms with Gasteiger partial charge in [-0.3, -0.25) is 0 Å². The minimum absolute atomic E-state index is 0.725. The van der Waals surface area contributed by atoms with Crippen molar-refractivity contribution in [2.75, 3.05) is 46.4 Å². The Morgan fingerprint density at radius 2 is 1.92 bits per heavy atom. The molecule has 3 nitrogen and oxygen atoms in total. The maximum Gasteiger partial charge on any atom is 0.0480 e. The van der Waals surface area contributed by atoms with E-state index in [-0.39, 0.29) is 0 Å². The van der Waals surface area contributed by atoms with Crippen molar-refractivity contribution in [1.29, 1.82) is 0 Å². The van der Waals surface area contributed by atoms with Crippen LogP contribution in [0.15, 0.2) is 24.3 Å². The average Bonchev–Trinajstić information content (AvgIpc) is 2.62. The van der Waals surface area contributed by atoms with Crippen LogP contribution in [0.5, 0.6) is 0 Å². The first-order valence-corrected chi connectivity index (χ1v) is 9.83. The number of halogens is 1. The van der Waals surface area contributed by atoms with Crippen LogP contribution in [-0.4, -0.2) is 62.3 Å². The molecule has 0 radical (unpaired) electrons. The standard InChI is InChI=1S/C20H31ClN2O/c1-22(20-9-13-24-14-10-20)15-18-3-2-11-23(16-18)12-8-17-4-6-19(21)7-5-17/h4-7,18,20H,2-3,8-16H2,1H3/t18-/m0/s1. The van der Waals surface area contributed by atoms with Crippen LogP contribution in [0.4, 0.5) is 0 Å². The van der Waals surface area contributed by atoms with Crippen LogP contribution in [0.1, 0.15) is 31.2 Å². The molecule has 0 unspecified atom stereocenters. The minimum atomic E-state index is 0.725. The average molecular weight is 351 g/mol. The molecule has 2 aliphatic rings. The van der Waals surface area contributed by atoms with Crippen LogP contribution in [0.25, 0.3) is 0 Å². The summed E-state index contributed by atoms with van der Waals surface area (Å²) in [6.07, 6.45) is 6.24. The number of rotatable bonds is 6. The van der Waals surface area contributed by atoms with Crippen molar-refractivity contribution in [3.05, 3.63) is 34.9 Å². The fraction of sp³-hybridized carbons (Fsp3) is 0.700. The molecule has 24 heavy (non-hydrogen) atoms. The first kappa shape index (κ1) is 18.2. The number of nitrogens with zero attached hydrogens (tertiary/aromatic N) is 2. The number of ether oxygens (including phenoxy) is 1. The second kappa shape index (κ2) is 9.19. The normalized spacial score (nSPS) is 23.7. The Morgan fingerprint density at radius 1 is 1.17 bits per heavy atom. The van der Waals surface area contributed by atoms with Crippen LogP contribution in [0.3, 0.4) is 0 Å². The Kier molecular flexibility index (Phi) is 6.96. The summed E-state index contributed by atoms with van der Waals surface area (Å²) in [6.45, 7) is 6.78. The third kappa shape index (κ3) is 5.45. The monoisotopic (exact) mass is 350 g/mol. The highest BCUT2D eigenvalue weighted by atomic mass is 35.5. The van der Waals surface area contributed by atoms with Crippen molar-refractivity contribution in [2.45, 2.75) is 38.1 Å². The largest absolute Gasteiger partial charge is 0.381 e. The van der Waals surface area contributed by atoms with Gasteiger partial charge in [0.1, 0.15) is 0 Å². The van der Waals surface area contributed by atoms with E-state index < -0.39 is 0 Å². The summed E-state index contributed by atoms with van der Waals surface area (Å²) in [4.78, 5) is 5.25. The summed E-state index contributed by atoms with van der Waals surface area (Å²) in [5.41, 5.74) is 1.39. The molecule has 0 saturated carbocycles. The Morgan fingerprint density at radius 3 is 2.67 bits per heavy atom. The van der Waals surface area contributed by atoms with Gasteiger partial charge in [-0.2, -0.15) is 0 Å². The van der Waals surface area contributed by atoms with Crippen LogP contribution >= 0.6 is 11.6 Å². The van der Waals surface area contributed by atoms with Crippen LogP contribution in [0.2, 0.25) is 5.02 Å². The van der Waals surface area contributed by atoms with Crippen molar-refractivity contribution in [3.63, 3.8) is 0 Å². The summed E-state index contributed by atoms with van der Waals surface area (Å²) in [7, 11) is 2.31. The third-order valence-corrected chi connectivity index (χ3v) is 5.85. The van der Waals surface area contributed by atoms with E-state index >= 15 is 0 Å². The Hall–Kier alpha value is -0.610. The third-order valence-electron chi connectivity index (χ3n) is 5.59. The molecule has 0 N–H and O–H groups in total. The first-order valence-electron chi connectivity index (χ1n) is 9.45. The number of hydrogen-bond donors (Lipinski definition) is 0. The Labute approximate surface area is 151 Å². The Balaban J connectivity index is 1.42. The van der Waals surface area contributed by atoms with Gasteiger partial charge in [-0.15, -0.1) is 0 Å². The molecule has 1 aromatic rings. The number of hydrogen-bond acceptors (Lipinski definition) is 3. The van der Waals surface area contributed by atoms with E-state index in [9.17, 15) is 0 Å². The van der Waals surface area contributed by atoms with E-state index in [4.69, 9.17) is 16.3 Å². The summed E-state index contributed by atoms with van der Waals surface area (Å²) in [5, 5.41) is 0.827. The maximum absolute atomic E-state index is 5.97. The molecule has 134 valence electrons. The zero-order chi connectivity index (χ0) is 16.8. The summed E-state index contributed by atoms with van der Waals surface area (Å²) in [5.74, 6) is 0.816. The molecule has 2 heterocycles. The van der Waals surface area contributed by atoms with Crippen molar-refractivity contribution in [3.8, 4) is 0 Å². The second-order valence-corrected chi connectivity index (χ2v) is 7.90. The van der Waals surface area contributed by atoms with Gasteiger partial charge in [-0.25, -0.2) is 0 Å². The molecule has 2 aliphatic heterocycles. The first-order chi connectivity index (χ1) is 11.7. The SMILES string of the molecule is CN(C[C@@H]1CCCN(CCc2ccc(Cl)cc2)C1)C1CCOCC1. The molecule has 1 aromatic carbocycles. The topological polar surface area (TPSA) is 15.7 Å². The van der Waals surface area contributed by atoms with E-state index in [1.165, 1.54) is 57.4 Å². The van der Waals surface area contributed by atoms with Gasteiger partial charge in [0.05, 0.1) is 0 Å². The van der Waals surface area contributed by atoms with E-state index in [0.717, 1.165) is 36.6 Å². The summed E-state index contributed by atoms with van der Waals surface area (Å²) >= 11 is 5.97. The number of benzene rings is 1. The lowest BCUT2D eigenvalue weighted by atomic mass is 9.95. The fourth-order valence-electron chi connectivity index (χ4n) is 4.12. The quantitative estimate of drug-likeness (QED) is 0.778. The Bertz CT molecular complexity index is 487. The van der Waals surface area contributed by atoms with Gasteiger partial charge in [-0.05, 0) is 69.3 Å². The fourth-order valence-corrected chi connectivity index (χ4v) is 4.25. The molecule has 0 spiro atoms. The summed E-state index contributed by atoms with van der Waals surface area (Å²) in [6, 6.07) is 9.03. The predicted molar refractivity (Wildman–Crippen MR) is 101 cm³/mol. The van der Waals surface area contributed by atoms with Gasteiger partial charge in [0.25, 0.3) is 0 Å². The van der Waals surface area contributed by atoms with Crippen LogP contribution < -0.4 is 0 Å². The highest BCUT2D eigenvalue weighted by molar-refractivity contribution is 6.30. The minimum Gasteiger partial charge on any atom is -0.381 e. The molecule has 2 saturated heterocycles. The molecule has 4 heteroatoms. The molecule has 0 amide bonds. The van der Waals surface area contributed by atoms with Crippen molar-refractivity contribution >= 4 is 11.6 Å². The molecule has 3 rings (SSSR count). The zero-order valence-corrected chi connectivity index (χ0v) is 15.7. The highest BCUT2D eigenvalue weighted by Gasteiger charge is 2.24. The molecule has 2 fully saturated rings. The molecule has 0 aromatic heterocycles. The van der Waals surface area contributed by atoms with Gasteiger partial charge < -0.3 is 14.5 Å². The molecular formula is C20H31ClN2O. The number of likely N-dealkylation sites (tertiary alicyclic amines) is 1. The molecule has 0 aliphatic carbocycles. The lowest BCUT2D eigenvalue weighted by molar-refractivity contribution is 0.0324. The van der Waals surface area contributed by atoms with Crippen molar-refractivity contribution in [2.24, 2.45) is 5.92 Å². The van der Waals surface area contributed by atoms with Crippen molar-refractivity contribution in [1.82, 2.24) is 9.80 Å². The predicted octanol–water partition coefficient (Wildman–Crippen LogP) is 3.71. The van der Waals surface area contributed by atoms with Crippen molar-refractivity contribution < 1.29 is 4.74 Å². The lowest BCUT2D eigenvalue weighted by Gasteiger charge is -2.38. The lowest BCUT2D eigenvalue weighted by Crippen LogP contribution is -2.44. The van der Waals surface area contributed by atoms with Gasteiger partial charge >= 0.3 is 0 Å². The number of piperidine rings is 1. The van der Waals surface area contributed by atoms with Crippen LogP contribution in [0, 0.1) is 5.92 Å². The van der Waals surface area contributed by atoms with E-state index in [1.807, 2.05) is 12.1 Å². The van der Waals surface area contributed by atoms with Gasteiger partial charge in [0.15, 0.2) is 0 Å². The van der Waals surface area contributed by atoms with E-state index in [1.54, 1.807) is 0 Å². The molecular weight excluding hydrogens is 320 g/mol. The highest BCUT2D eigenvalue weighted by Crippen LogP contribution is 2.21. The zero-order valence-electron chi connectivity index (χ0n) is 14.9. The van der Waals surface area contributed by atoms with Gasteiger partial charge in [-0.1, -0.05) is 23.7 Å². The van der Waals surface area contributed by atoms with Crippen LogP contribution in [-0.2, 0) is 11.2 Å².